The van der Waals surface area contributed by atoms with E-state index in [0.717, 1.165) is 10.1 Å². The molecule has 0 radical (unpaired) electrons. The van der Waals surface area contributed by atoms with Crippen LogP contribution in [0.5, 0.6) is 0 Å². The number of hydrogen-bond donors (Lipinski definition) is 1. The van der Waals surface area contributed by atoms with E-state index in [0.29, 0.717) is 29.6 Å². The molecule has 0 aliphatic carbocycles. The van der Waals surface area contributed by atoms with Crippen molar-refractivity contribution in [3.05, 3.63) is 80.5 Å². The van der Waals surface area contributed by atoms with Crippen LogP contribution in [-0.2, 0) is 17.9 Å². The summed E-state index contributed by atoms with van der Waals surface area (Å²) in [5, 5.41) is 0.356. The number of carbonyl (C=O) groups is 2. The van der Waals surface area contributed by atoms with Crippen LogP contribution in [0.4, 0.5) is 0 Å². The first-order valence-electron chi connectivity index (χ1n) is 9.62. The number of H-pyrrole nitrogens is 1. The second-order valence-electron chi connectivity index (χ2n) is 7.17. The predicted octanol–water partition coefficient (Wildman–Crippen LogP) is 1.44. The second kappa shape index (κ2) is 8.77. The fourth-order valence-electron chi connectivity index (χ4n) is 3.19. The minimum absolute atomic E-state index is 0.0973. The van der Waals surface area contributed by atoms with Gasteiger partial charge in [-0.15, -0.1) is 0 Å². The van der Waals surface area contributed by atoms with Gasteiger partial charge >= 0.3 is 5.69 Å². The van der Waals surface area contributed by atoms with Gasteiger partial charge in [-0.2, -0.15) is 0 Å². The Labute approximate surface area is 173 Å². The largest absolute Gasteiger partial charge is 0.345 e. The Balaban J connectivity index is 1.79. The first-order chi connectivity index (χ1) is 14.3. The first-order valence-corrected chi connectivity index (χ1v) is 9.62. The molecule has 30 heavy (non-hydrogen) atoms. The van der Waals surface area contributed by atoms with Crippen molar-refractivity contribution >= 4 is 22.7 Å². The smallest absolute Gasteiger partial charge is 0.329 e. The lowest BCUT2D eigenvalue weighted by Crippen LogP contribution is -2.42. The molecular weight excluding hydrogens is 384 g/mol. The normalized spacial score (nSPS) is 10.8. The van der Waals surface area contributed by atoms with Gasteiger partial charge in [-0.05, 0) is 36.8 Å². The van der Waals surface area contributed by atoms with Crippen LogP contribution in [-0.4, -0.2) is 51.8 Å². The third kappa shape index (κ3) is 4.32. The van der Waals surface area contributed by atoms with Crippen LogP contribution in [0, 0.1) is 0 Å². The number of benzene rings is 2. The average molecular weight is 408 g/mol. The van der Waals surface area contributed by atoms with E-state index in [1.165, 1.54) is 4.90 Å². The Hall–Kier alpha value is -3.68. The Morgan fingerprint density at radius 2 is 1.67 bits per heavy atom. The SMILES string of the molecule is CCN(Cc1ccc(C(=O)N(C)C)cc1)C(=O)Cn1c(=O)[nH]c2ccccc2c1=O. The van der Waals surface area contributed by atoms with E-state index in [4.69, 9.17) is 0 Å². The van der Waals surface area contributed by atoms with Crippen molar-refractivity contribution < 1.29 is 9.59 Å². The van der Waals surface area contributed by atoms with Gasteiger partial charge in [0.25, 0.3) is 11.5 Å². The molecule has 0 aliphatic rings. The number of nitrogens with one attached hydrogen (secondary N) is 1. The molecule has 0 fully saturated rings. The zero-order valence-corrected chi connectivity index (χ0v) is 17.2. The standard InChI is InChI=1S/C22H24N4O4/c1-4-25(13-15-9-11-16(12-10-15)20(28)24(2)3)19(27)14-26-21(29)17-7-5-6-8-18(17)23-22(26)30/h5-12H,4,13-14H2,1-3H3,(H,23,30). The first kappa shape index (κ1) is 21.0. The molecule has 0 spiro atoms. The van der Waals surface area contributed by atoms with Crippen molar-refractivity contribution in [1.82, 2.24) is 19.4 Å². The topological polar surface area (TPSA) is 95.5 Å². The summed E-state index contributed by atoms with van der Waals surface area (Å²) >= 11 is 0. The number of aromatic amines is 1. The highest BCUT2D eigenvalue weighted by molar-refractivity contribution is 5.93. The van der Waals surface area contributed by atoms with E-state index in [9.17, 15) is 19.2 Å². The summed E-state index contributed by atoms with van der Waals surface area (Å²) in [6, 6.07) is 13.7. The summed E-state index contributed by atoms with van der Waals surface area (Å²) in [7, 11) is 3.37. The molecule has 8 heteroatoms. The van der Waals surface area contributed by atoms with Gasteiger partial charge in [-0.3, -0.25) is 19.0 Å². The van der Waals surface area contributed by atoms with Gasteiger partial charge in [-0.25, -0.2) is 4.79 Å². The molecule has 1 heterocycles. The van der Waals surface area contributed by atoms with Gasteiger partial charge in [0.05, 0.1) is 10.9 Å². The lowest BCUT2D eigenvalue weighted by molar-refractivity contribution is -0.132. The average Bonchev–Trinajstić information content (AvgIpc) is 2.74. The second-order valence-corrected chi connectivity index (χ2v) is 7.17. The van der Waals surface area contributed by atoms with Gasteiger partial charge < -0.3 is 14.8 Å². The predicted molar refractivity (Wildman–Crippen MR) is 114 cm³/mol. The number of carbonyl (C=O) groups excluding carboxylic acids is 2. The summed E-state index contributed by atoms with van der Waals surface area (Å²) in [4.78, 5) is 55.5. The molecule has 8 nitrogen and oxygen atoms in total. The quantitative estimate of drug-likeness (QED) is 0.668. The third-order valence-corrected chi connectivity index (χ3v) is 4.90. The van der Waals surface area contributed by atoms with Gasteiger partial charge in [-0.1, -0.05) is 24.3 Å². The maximum absolute atomic E-state index is 12.8. The molecular formula is C22H24N4O4. The lowest BCUT2D eigenvalue weighted by atomic mass is 10.1. The molecule has 2 aromatic carbocycles. The molecule has 156 valence electrons. The van der Waals surface area contributed by atoms with E-state index in [-0.39, 0.29) is 18.4 Å². The molecule has 0 saturated carbocycles. The van der Waals surface area contributed by atoms with Crippen molar-refractivity contribution in [3.8, 4) is 0 Å². The number of rotatable bonds is 6. The summed E-state index contributed by atoms with van der Waals surface area (Å²) in [5.74, 6) is -0.436. The highest BCUT2D eigenvalue weighted by Crippen LogP contribution is 2.10. The number of nitrogens with zero attached hydrogens (tertiary/aromatic N) is 3. The van der Waals surface area contributed by atoms with Crippen LogP contribution in [0.2, 0.25) is 0 Å². The number of fused-ring (bicyclic) bond motifs is 1. The summed E-state index contributed by atoms with van der Waals surface area (Å²) in [6.45, 7) is 2.21. The summed E-state index contributed by atoms with van der Waals surface area (Å²) < 4.78 is 0.923. The number of likely N-dealkylation sites (N-methyl/N-ethyl adjacent to an activating group) is 1. The van der Waals surface area contributed by atoms with Crippen molar-refractivity contribution in [2.24, 2.45) is 0 Å². The van der Waals surface area contributed by atoms with E-state index < -0.39 is 11.2 Å². The Kier molecular flexibility index (Phi) is 6.15. The van der Waals surface area contributed by atoms with Gasteiger partial charge in [0.15, 0.2) is 0 Å². The molecule has 1 N–H and O–H groups in total. The number of amides is 2. The Bertz CT molecular complexity index is 1190. The van der Waals surface area contributed by atoms with Crippen molar-refractivity contribution in [2.45, 2.75) is 20.0 Å². The number of para-hydroxylation sites is 1. The van der Waals surface area contributed by atoms with Crippen molar-refractivity contribution in [2.75, 3.05) is 20.6 Å². The van der Waals surface area contributed by atoms with Crippen LogP contribution >= 0.6 is 0 Å². The fourth-order valence-corrected chi connectivity index (χ4v) is 3.19. The van der Waals surface area contributed by atoms with Crippen molar-refractivity contribution in [1.29, 1.82) is 0 Å². The molecule has 0 saturated heterocycles. The number of hydrogen-bond acceptors (Lipinski definition) is 4. The van der Waals surface area contributed by atoms with Gasteiger partial charge in [0, 0.05) is 32.7 Å². The highest BCUT2D eigenvalue weighted by atomic mass is 16.2. The van der Waals surface area contributed by atoms with E-state index >= 15 is 0 Å². The van der Waals surface area contributed by atoms with Crippen LogP contribution in [0.15, 0.2) is 58.1 Å². The van der Waals surface area contributed by atoms with Gasteiger partial charge in [0.2, 0.25) is 5.91 Å². The highest BCUT2D eigenvalue weighted by Gasteiger charge is 2.17. The summed E-state index contributed by atoms with van der Waals surface area (Å²) in [5.41, 5.74) is 0.739. The van der Waals surface area contributed by atoms with Crippen LogP contribution in [0.3, 0.4) is 0 Å². The van der Waals surface area contributed by atoms with Gasteiger partial charge in [0.1, 0.15) is 6.54 Å². The fraction of sp³-hybridized carbons (Fsp3) is 0.273. The molecule has 0 atom stereocenters. The van der Waals surface area contributed by atoms with E-state index in [2.05, 4.69) is 4.98 Å². The maximum atomic E-state index is 12.8. The zero-order valence-electron chi connectivity index (χ0n) is 17.2. The molecule has 0 aliphatic heterocycles. The minimum atomic E-state index is -0.616. The summed E-state index contributed by atoms with van der Waals surface area (Å²) in [6.07, 6.45) is 0. The molecule has 0 bridgehead atoms. The Morgan fingerprint density at radius 1 is 1.00 bits per heavy atom. The zero-order chi connectivity index (χ0) is 21.8. The lowest BCUT2D eigenvalue weighted by Gasteiger charge is -2.21. The molecule has 3 rings (SSSR count). The maximum Gasteiger partial charge on any atom is 0.329 e. The van der Waals surface area contributed by atoms with E-state index in [1.54, 1.807) is 67.5 Å². The van der Waals surface area contributed by atoms with Crippen LogP contribution in [0.1, 0.15) is 22.8 Å². The Morgan fingerprint density at radius 3 is 2.30 bits per heavy atom. The van der Waals surface area contributed by atoms with Crippen LogP contribution < -0.4 is 11.2 Å². The molecule has 3 aromatic rings. The van der Waals surface area contributed by atoms with E-state index in [1.807, 2.05) is 6.92 Å². The number of aromatic nitrogens is 2. The monoisotopic (exact) mass is 408 g/mol. The third-order valence-electron chi connectivity index (χ3n) is 4.90. The molecule has 1 aromatic heterocycles. The molecule has 2 amide bonds. The van der Waals surface area contributed by atoms with Crippen LogP contribution in [0.25, 0.3) is 10.9 Å². The minimum Gasteiger partial charge on any atom is -0.345 e. The van der Waals surface area contributed by atoms with Crippen molar-refractivity contribution in [3.63, 3.8) is 0 Å². The molecule has 0 unspecified atom stereocenters.